The van der Waals surface area contributed by atoms with E-state index in [0.29, 0.717) is 15.2 Å². The maximum absolute atomic E-state index is 13.2. The van der Waals surface area contributed by atoms with Crippen molar-refractivity contribution in [3.8, 4) is 0 Å². The first-order valence-corrected chi connectivity index (χ1v) is 10.0. The van der Waals surface area contributed by atoms with Crippen molar-refractivity contribution >= 4 is 45.5 Å². The summed E-state index contributed by atoms with van der Waals surface area (Å²) in [6, 6.07) is 12.0. The number of anilines is 3. The highest BCUT2D eigenvalue weighted by Gasteiger charge is 2.18. The molecule has 0 aliphatic carbocycles. The number of rotatable bonds is 6. The summed E-state index contributed by atoms with van der Waals surface area (Å²) in [7, 11) is 0. The average molecular weight is 403 g/mol. The zero-order chi connectivity index (χ0) is 19.4. The molecule has 5 nitrogen and oxygen atoms in total. The van der Waals surface area contributed by atoms with E-state index in [1.54, 1.807) is 12.1 Å². The Hall–Kier alpha value is -2.45. The molecule has 0 aliphatic rings. The lowest BCUT2D eigenvalue weighted by Crippen LogP contribution is -2.22. The molecule has 0 radical (unpaired) electrons. The van der Waals surface area contributed by atoms with Gasteiger partial charge in [0.05, 0.1) is 5.25 Å². The van der Waals surface area contributed by atoms with Crippen LogP contribution in [0.2, 0.25) is 0 Å². The fourth-order valence-electron chi connectivity index (χ4n) is 2.39. The maximum atomic E-state index is 13.2. The normalized spacial score (nSPS) is 11.9. The topological polar surface area (TPSA) is 66.9 Å². The highest BCUT2D eigenvalue weighted by molar-refractivity contribution is 8.02. The molecule has 140 valence electrons. The number of halogens is 1. The van der Waals surface area contributed by atoms with Crippen LogP contribution in [-0.4, -0.2) is 21.4 Å². The number of carbonyl (C=O) groups excluding carboxylic acids is 1. The molecule has 0 aliphatic heterocycles. The van der Waals surface area contributed by atoms with Crippen molar-refractivity contribution in [2.24, 2.45) is 0 Å². The molecule has 8 heteroatoms. The molecular formula is C19H19FN4OS2. The average Bonchev–Trinajstić information content (AvgIpc) is 3.04. The number of benzene rings is 2. The molecule has 1 heterocycles. The van der Waals surface area contributed by atoms with E-state index >= 15 is 0 Å². The van der Waals surface area contributed by atoms with Crippen molar-refractivity contribution in [1.82, 2.24) is 10.2 Å². The second kappa shape index (κ2) is 8.49. The lowest BCUT2D eigenvalue weighted by atomic mass is 10.1. The summed E-state index contributed by atoms with van der Waals surface area (Å²) in [4.78, 5) is 12.5. The molecule has 0 saturated heterocycles. The van der Waals surface area contributed by atoms with Crippen molar-refractivity contribution < 1.29 is 9.18 Å². The number of aromatic nitrogens is 2. The Morgan fingerprint density at radius 3 is 2.74 bits per heavy atom. The van der Waals surface area contributed by atoms with E-state index in [1.807, 2.05) is 39.0 Å². The SMILES string of the molecule is Cc1ccc(NC(=O)C(C)Sc2nnc(Nc3cccc(F)c3)s2)c(C)c1. The molecule has 1 aromatic heterocycles. The smallest absolute Gasteiger partial charge is 0.237 e. The van der Waals surface area contributed by atoms with Gasteiger partial charge in [0.25, 0.3) is 0 Å². The lowest BCUT2D eigenvalue weighted by Gasteiger charge is -2.12. The molecule has 0 saturated carbocycles. The number of hydrogen-bond acceptors (Lipinski definition) is 6. The molecule has 0 bridgehead atoms. The first kappa shape index (κ1) is 19.3. The van der Waals surface area contributed by atoms with Gasteiger partial charge in [-0.05, 0) is 50.6 Å². The number of nitrogens with one attached hydrogen (secondary N) is 2. The number of carbonyl (C=O) groups is 1. The van der Waals surface area contributed by atoms with Crippen molar-refractivity contribution in [3.63, 3.8) is 0 Å². The Kier molecular flexibility index (Phi) is 6.08. The van der Waals surface area contributed by atoms with Crippen LogP contribution in [0.1, 0.15) is 18.1 Å². The van der Waals surface area contributed by atoms with Crippen LogP contribution in [0.4, 0.5) is 20.9 Å². The Morgan fingerprint density at radius 1 is 1.19 bits per heavy atom. The van der Waals surface area contributed by atoms with Crippen molar-refractivity contribution in [3.05, 3.63) is 59.4 Å². The standard InChI is InChI=1S/C19H19FN4OS2/c1-11-7-8-16(12(2)9-11)22-17(25)13(3)26-19-24-23-18(27-19)21-15-6-4-5-14(20)10-15/h4-10,13H,1-3H3,(H,21,23)(H,22,25). The molecule has 3 aromatic rings. The fraction of sp³-hybridized carbons (Fsp3) is 0.211. The summed E-state index contributed by atoms with van der Waals surface area (Å²) in [5.41, 5.74) is 3.59. The number of thioether (sulfide) groups is 1. The molecule has 3 rings (SSSR count). The number of nitrogens with zero attached hydrogens (tertiary/aromatic N) is 2. The van der Waals surface area contributed by atoms with E-state index < -0.39 is 0 Å². The van der Waals surface area contributed by atoms with Crippen LogP contribution in [0.15, 0.2) is 46.8 Å². The minimum absolute atomic E-state index is 0.0956. The molecule has 1 unspecified atom stereocenters. The van der Waals surface area contributed by atoms with Gasteiger partial charge < -0.3 is 10.6 Å². The third-order valence-corrected chi connectivity index (χ3v) is 5.79. The van der Waals surface area contributed by atoms with E-state index in [9.17, 15) is 9.18 Å². The molecule has 1 amide bonds. The molecule has 0 fully saturated rings. The first-order chi connectivity index (χ1) is 12.9. The van der Waals surface area contributed by atoms with Gasteiger partial charge in [0.2, 0.25) is 11.0 Å². The van der Waals surface area contributed by atoms with E-state index in [0.717, 1.165) is 16.8 Å². The zero-order valence-corrected chi connectivity index (χ0v) is 16.7. The van der Waals surface area contributed by atoms with Gasteiger partial charge in [0.15, 0.2) is 4.34 Å². The quantitative estimate of drug-likeness (QED) is 0.558. The van der Waals surface area contributed by atoms with Crippen LogP contribution in [-0.2, 0) is 4.79 Å². The largest absolute Gasteiger partial charge is 0.330 e. The van der Waals surface area contributed by atoms with Gasteiger partial charge in [-0.15, -0.1) is 10.2 Å². The van der Waals surface area contributed by atoms with Crippen LogP contribution in [0.25, 0.3) is 0 Å². The highest BCUT2D eigenvalue weighted by Crippen LogP contribution is 2.31. The minimum atomic E-state index is -0.333. The predicted octanol–water partition coefficient (Wildman–Crippen LogP) is 5.16. The Labute approximate surface area is 165 Å². The Balaban J connectivity index is 1.59. The summed E-state index contributed by atoms with van der Waals surface area (Å²) in [6.45, 7) is 5.81. The van der Waals surface area contributed by atoms with Gasteiger partial charge in [-0.1, -0.05) is 46.9 Å². The zero-order valence-electron chi connectivity index (χ0n) is 15.1. The van der Waals surface area contributed by atoms with Crippen molar-refractivity contribution in [2.45, 2.75) is 30.4 Å². The Bertz CT molecular complexity index is 960. The van der Waals surface area contributed by atoms with Crippen LogP contribution in [0.3, 0.4) is 0 Å². The maximum Gasteiger partial charge on any atom is 0.237 e. The van der Waals surface area contributed by atoms with E-state index in [4.69, 9.17) is 0 Å². The van der Waals surface area contributed by atoms with Gasteiger partial charge in [0.1, 0.15) is 5.82 Å². The summed E-state index contributed by atoms with van der Waals surface area (Å²) >= 11 is 2.65. The van der Waals surface area contributed by atoms with Gasteiger partial charge in [-0.2, -0.15) is 0 Å². The minimum Gasteiger partial charge on any atom is -0.330 e. The summed E-state index contributed by atoms with van der Waals surface area (Å²) in [6.07, 6.45) is 0. The first-order valence-electron chi connectivity index (χ1n) is 8.31. The number of hydrogen-bond donors (Lipinski definition) is 2. The van der Waals surface area contributed by atoms with Gasteiger partial charge in [0, 0.05) is 11.4 Å². The van der Waals surface area contributed by atoms with Crippen molar-refractivity contribution in [2.75, 3.05) is 10.6 Å². The van der Waals surface area contributed by atoms with Crippen LogP contribution in [0, 0.1) is 19.7 Å². The van der Waals surface area contributed by atoms with Crippen molar-refractivity contribution in [1.29, 1.82) is 0 Å². The molecule has 0 spiro atoms. The number of amides is 1. The van der Waals surface area contributed by atoms with Crippen LogP contribution >= 0.6 is 23.1 Å². The summed E-state index contributed by atoms with van der Waals surface area (Å²) < 4.78 is 13.9. The van der Waals surface area contributed by atoms with Gasteiger partial charge in [-0.3, -0.25) is 4.79 Å². The third-order valence-electron chi connectivity index (χ3n) is 3.77. The monoisotopic (exact) mass is 402 g/mol. The lowest BCUT2D eigenvalue weighted by molar-refractivity contribution is -0.115. The van der Waals surface area contributed by atoms with E-state index in [1.165, 1.54) is 35.2 Å². The molecular weight excluding hydrogens is 383 g/mol. The van der Waals surface area contributed by atoms with E-state index in [2.05, 4.69) is 20.8 Å². The van der Waals surface area contributed by atoms with Crippen LogP contribution in [0.5, 0.6) is 0 Å². The second-order valence-electron chi connectivity index (χ2n) is 6.08. The Morgan fingerprint density at radius 2 is 2.00 bits per heavy atom. The van der Waals surface area contributed by atoms with Gasteiger partial charge >= 0.3 is 0 Å². The molecule has 27 heavy (non-hydrogen) atoms. The summed E-state index contributed by atoms with van der Waals surface area (Å²) in [5.74, 6) is -0.419. The van der Waals surface area contributed by atoms with Gasteiger partial charge in [-0.25, -0.2) is 4.39 Å². The molecule has 2 aromatic carbocycles. The fourth-order valence-corrected chi connectivity index (χ4v) is 4.31. The predicted molar refractivity (Wildman–Crippen MR) is 109 cm³/mol. The second-order valence-corrected chi connectivity index (χ2v) is 8.64. The highest BCUT2D eigenvalue weighted by atomic mass is 32.2. The summed E-state index contributed by atoms with van der Waals surface area (Å²) in [5, 5.41) is 14.3. The van der Waals surface area contributed by atoms with Crippen LogP contribution < -0.4 is 10.6 Å². The molecule has 2 N–H and O–H groups in total. The van der Waals surface area contributed by atoms with E-state index in [-0.39, 0.29) is 17.0 Å². The molecule has 1 atom stereocenters. The number of aryl methyl sites for hydroxylation is 2. The third kappa shape index (κ3) is 5.27.